The van der Waals surface area contributed by atoms with Crippen LogP contribution in [0.25, 0.3) is 11.0 Å². The Morgan fingerprint density at radius 3 is 2.77 bits per heavy atom. The topological polar surface area (TPSA) is 79.9 Å². The molecule has 0 spiro atoms. The zero-order chi connectivity index (χ0) is 15.5. The molecule has 2 N–H and O–H groups in total. The van der Waals surface area contributed by atoms with Gasteiger partial charge < -0.3 is 15.0 Å². The molecular formula is C16H16N4O2. The quantitative estimate of drug-likeness (QED) is 0.723. The number of nitrogens with zero attached hydrogens (tertiary/aromatic N) is 2. The van der Waals surface area contributed by atoms with Gasteiger partial charge in [0.2, 0.25) is 0 Å². The van der Waals surface area contributed by atoms with Crippen molar-refractivity contribution in [1.29, 1.82) is 0 Å². The van der Waals surface area contributed by atoms with Gasteiger partial charge >= 0.3 is 5.97 Å². The number of aromatic amines is 1. The smallest absolute Gasteiger partial charge is 0.338 e. The molecule has 0 atom stereocenters. The maximum Gasteiger partial charge on any atom is 0.338 e. The summed E-state index contributed by atoms with van der Waals surface area (Å²) in [4.78, 5) is 23.3. The molecule has 6 nitrogen and oxygen atoms in total. The summed E-state index contributed by atoms with van der Waals surface area (Å²) in [6.07, 6.45) is 1.51. The maximum atomic E-state index is 11.6. The lowest BCUT2D eigenvalue weighted by molar-refractivity contribution is 0.0526. The number of H-pyrrole nitrogens is 1. The van der Waals surface area contributed by atoms with Crippen LogP contribution in [0.5, 0.6) is 0 Å². The Kier molecular flexibility index (Phi) is 3.74. The zero-order valence-corrected chi connectivity index (χ0v) is 12.4. The molecule has 112 valence electrons. The zero-order valence-electron chi connectivity index (χ0n) is 12.4. The standard InChI is InChI=1S/C16H16N4O2/c1-3-22-16(21)11-4-6-12(7-5-11)20-15-13-8-10(2)19-14(13)17-9-18-15/h4-9H,3H2,1-2H3,(H2,17,18,19,20). The van der Waals surface area contributed by atoms with Crippen molar-refractivity contribution in [2.45, 2.75) is 13.8 Å². The second-order valence-electron chi connectivity index (χ2n) is 4.86. The van der Waals surface area contributed by atoms with Crippen LogP contribution >= 0.6 is 0 Å². The molecule has 0 aliphatic heterocycles. The lowest BCUT2D eigenvalue weighted by Crippen LogP contribution is -2.04. The predicted octanol–water partition coefficient (Wildman–Crippen LogP) is 3.19. The second kappa shape index (κ2) is 5.85. The van der Waals surface area contributed by atoms with Crippen molar-refractivity contribution in [3.8, 4) is 0 Å². The fourth-order valence-electron chi connectivity index (χ4n) is 2.21. The summed E-state index contributed by atoms with van der Waals surface area (Å²) in [7, 11) is 0. The first kappa shape index (κ1) is 14.1. The van der Waals surface area contributed by atoms with E-state index >= 15 is 0 Å². The third kappa shape index (κ3) is 2.76. The van der Waals surface area contributed by atoms with E-state index in [1.165, 1.54) is 6.33 Å². The average molecular weight is 296 g/mol. The summed E-state index contributed by atoms with van der Waals surface area (Å²) in [5.74, 6) is 0.401. The van der Waals surface area contributed by atoms with E-state index in [1.54, 1.807) is 19.1 Å². The van der Waals surface area contributed by atoms with Crippen LogP contribution in [-0.2, 0) is 4.74 Å². The van der Waals surface area contributed by atoms with Crippen LogP contribution in [0, 0.1) is 6.92 Å². The molecule has 0 unspecified atom stereocenters. The predicted molar refractivity (Wildman–Crippen MR) is 84.3 cm³/mol. The minimum atomic E-state index is -0.320. The molecule has 22 heavy (non-hydrogen) atoms. The summed E-state index contributed by atoms with van der Waals surface area (Å²) in [5.41, 5.74) is 3.18. The van der Waals surface area contributed by atoms with E-state index in [4.69, 9.17) is 4.74 Å². The third-order valence-electron chi connectivity index (χ3n) is 3.22. The Hall–Kier alpha value is -2.89. The van der Waals surface area contributed by atoms with Crippen molar-refractivity contribution in [2.75, 3.05) is 11.9 Å². The number of aryl methyl sites for hydroxylation is 1. The van der Waals surface area contributed by atoms with Crippen LogP contribution in [0.2, 0.25) is 0 Å². The molecule has 0 bridgehead atoms. The van der Waals surface area contributed by atoms with Gasteiger partial charge in [0.25, 0.3) is 0 Å². The molecule has 6 heteroatoms. The van der Waals surface area contributed by atoms with Crippen LogP contribution in [0.15, 0.2) is 36.7 Å². The van der Waals surface area contributed by atoms with Gasteiger partial charge in [-0.15, -0.1) is 0 Å². The van der Waals surface area contributed by atoms with E-state index in [9.17, 15) is 4.79 Å². The molecule has 0 aliphatic rings. The Bertz CT molecular complexity index is 809. The Morgan fingerprint density at radius 2 is 2.05 bits per heavy atom. The number of fused-ring (bicyclic) bond motifs is 1. The van der Waals surface area contributed by atoms with Gasteiger partial charge in [-0.05, 0) is 44.2 Å². The largest absolute Gasteiger partial charge is 0.462 e. The second-order valence-corrected chi connectivity index (χ2v) is 4.86. The average Bonchev–Trinajstić information content (AvgIpc) is 2.90. The van der Waals surface area contributed by atoms with Gasteiger partial charge in [0, 0.05) is 11.4 Å². The molecule has 0 amide bonds. The number of nitrogens with one attached hydrogen (secondary N) is 2. The van der Waals surface area contributed by atoms with Crippen LogP contribution in [0.3, 0.4) is 0 Å². The van der Waals surface area contributed by atoms with Crippen molar-refractivity contribution in [3.63, 3.8) is 0 Å². The molecule has 3 aromatic rings. The normalized spacial score (nSPS) is 10.6. The Morgan fingerprint density at radius 1 is 1.27 bits per heavy atom. The first-order valence-electron chi connectivity index (χ1n) is 7.02. The highest BCUT2D eigenvalue weighted by molar-refractivity contribution is 5.91. The summed E-state index contributed by atoms with van der Waals surface area (Å²) >= 11 is 0. The van der Waals surface area contributed by atoms with Crippen molar-refractivity contribution in [1.82, 2.24) is 15.0 Å². The summed E-state index contributed by atoms with van der Waals surface area (Å²) in [5, 5.41) is 4.16. The fourth-order valence-corrected chi connectivity index (χ4v) is 2.21. The van der Waals surface area contributed by atoms with Crippen molar-refractivity contribution in [2.24, 2.45) is 0 Å². The van der Waals surface area contributed by atoms with Gasteiger partial charge in [0.15, 0.2) is 0 Å². The minimum absolute atomic E-state index is 0.320. The molecule has 0 radical (unpaired) electrons. The van der Waals surface area contributed by atoms with Crippen LogP contribution in [0.1, 0.15) is 23.0 Å². The van der Waals surface area contributed by atoms with E-state index in [0.29, 0.717) is 12.2 Å². The van der Waals surface area contributed by atoms with Crippen molar-refractivity contribution < 1.29 is 9.53 Å². The number of hydrogen-bond acceptors (Lipinski definition) is 5. The number of esters is 1. The van der Waals surface area contributed by atoms with E-state index in [0.717, 1.165) is 28.2 Å². The molecule has 2 heterocycles. The van der Waals surface area contributed by atoms with Gasteiger partial charge in [-0.1, -0.05) is 0 Å². The summed E-state index contributed by atoms with van der Waals surface area (Å²) in [6, 6.07) is 9.08. The van der Waals surface area contributed by atoms with Crippen LogP contribution in [0.4, 0.5) is 11.5 Å². The highest BCUT2D eigenvalue weighted by atomic mass is 16.5. The Balaban J connectivity index is 1.84. The van der Waals surface area contributed by atoms with Gasteiger partial charge in [-0.25, -0.2) is 14.8 Å². The van der Waals surface area contributed by atoms with Gasteiger partial charge in [0.1, 0.15) is 17.8 Å². The van der Waals surface area contributed by atoms with E-state index in [-0.39, 0.29) is 5.97 Å². The number of hydrogen-bond donors (Lipinski definition) is 2. The van der Waals surface area contributed by atoms with Gasteiger partial charge in [-0.2, -0.15) is 0 Å². The number of carbonyl (C=O) groups is 1. The van der Waals surface area contributed by atoms with Crippen LogP contribution < -0.4 is 5.32 Å². The molecule has 0 saturated carbocycles. The minimum Gasteiger partial charge on any atom is -0.462 e. The van der Waals surface area contributed by atoms with Crippen LogP contribution in [-0.4, -0.2) is 27.5 Å². The summed E-state index contributed by atoms with van der Waals surface area (Å²) in [6.45, 7) is 4.12. The fraction of sp³-hybridized carbons (Fsp3) is 0.188. The van der Waals surface area contributed by atoms with Crippen molar-refractivity contribution in [3.05, 3.63) is 47.9 Å². The molecule has 0 saturated heterocycles. The maximum absolute atomic E-state index is 11.6. The lowest BCUT2D eigenvalue weighted by atomic mass is 10.2. The van der Waals surface area contributed by atoms with E-state index in [2.05, 4.69) is 20.3 Å². The first-order chi connectivity index (χ1) is 10.7. The third-order valence-corrected chi connectivity index (χ3v) is 3.22. The molecule has 0 aliphatic carbocycles. The van der Waals surface area contributed by atoms with E-state index in [1.807, 2.05) is 25.1 Å². The highest BCUT2D eigenvalue weighted by Crippen LogP contribution is 2.23. The SMILES string of the molecule is CCOC(=O)c1ccc(Nc2ncnc3[nH]c(C)cc23)cc1. The monoisotopic (exact) mass is 296 g/mol. The van der Waals surface area contributed by atoms with Gasteiger partial charge in [0.05, 0.1) is 17.6 Å². The highest BCUT2D eigenvalue weighted by Gasteiger charge is 2.08. The number of rotatable bonds is 4. The number of benzene rings is 1. The number of anilines is 2. The number of ether oxygens (including phenoxy) is 1. The molecule has 2 aromatic heterocycles. The Labute approximate surface area is 127 Å². The number of aromatic nitrogens is 3. The summed E-state index contributed by atoms with van der Waals surface area (Å²) < 4.78 is 4.96. The molecule has 0 fully saturated rings. The molecule has 3 rings (SSSR count). The molecular weight excluding hydrogens is 280 g/mol. The van der Waals surface area contributed by atoms with Gasteiger partial charge in [-0.3, -0.25) is 0 Å². The number of carbonyl (C=O) groups excluding carboxylic acids is 1. The molecule has 1 aromatic carbocycles. The first-order valence-corrected chi connectivity index (χ1v) is 7.02. The van der Waals surface area contributed by atoms with Crippen molar-refractivity contribution >= 4 is 28.5 Å². The lowest BCUT2D eigenvalue weighted by Gasteiger charge is -2.07. The van der Waals surface area contributed by atoms with E-state index < -0.39 is 0 Å².